The van der Waals surface area contributed by atoms with Crippen LogP contribution in [0.1, 0.15) is 24.7 Å². The smallest absolute Gasteiger partial charge is 0.238 e. The second kappa shape index (κ2) is 13.1. The summed E-state index contributed by atoms with van der Waals surface area (Å²) in [6.45, 7) is 2.32. The number of benzene rings is 7. The van der Waals surface area contributed by atoms with Crippen molar-refractivity contribution in [3.8, 4) is 39.6 Å². The van der Waals surface area contributed by atoms with Crippen LogP contribution in [0.25, 0.3) is 88.9 Å². The fourth-order valence-corrected chi connectivity index (χ4v) is 8.77. The van der Waals surface area contributed by atoms with Crippen LogP contribution >= 0.6 is 0 Å². The van der Waals surface area contributed by atoms with Crippen molar-refractivity contribution in [2.45, 2.75) is 18.8 Å². The summed E-state index contributed by atoms with van der Waals surface area (Å²) in [7, 11) is 0. The summed E-state index contributed by atoms with van der Waals surface area (Å²) in [6, 6.07) is 59.5. The van der Waals surface area contributed by atoms with Crippen LogP contribution in [0.15, 0.2) is 193 Å². The van der Waals surface area contributed by atoms with Crippen LogP contribution in [0.4, 0.5) is 0 Å². The molecule has 0 saturated heterocycles. The zero-order valence-corrected chi connectivity index (χ0v) is 31.3. The lowest BCUT2D eigenvalue weighted by Crippen LogP contribution is -2.27. The normalized spacial score (nSPS) is 15.5. The number of furan rings is 1. The van der Waals surface area contributed by atoms with E-state index in [2.05, 4.69) is 169 Å². The van der Waals surface area contributed by atoms with E-state index in [-0.39, 0.29) is 0 Å². The number of hydrogen-bond donors (Lipinski definition) is 0. The molecule has 0 spiro atoms. The lowest BCUT2D eigenvalue weighted by molar-refractivity contribution is 0.616. The molecule has 0 saturated carbocycles. The van der Waals surface area contributed by atoms with Crippen LogP contribution in [-0.2, 0) is 5.41 Å². The molecule has 10 aromatic rings. The minimum Gasteiger partial charge on any atom is -0.454 e. The Morgan fingerprint density at radius 1 is 0.526 bits per heavy atom. The zero-order chi connectivity index (χ0) is 37.9. The molecule has 3 heterocycles. The molecule has 1 atom stereocenters. The number of nitrogens with zero attached hydrogens (tertiary/aromatic N) is 4. The standard InChI is InChI=1S/C52H36N4O/c1-52(43-23-11-8-20-38(43)36-29-27-35(28-30-36)34-16-4-2-5-17-34)33-15-14-24-44(52)50-53-49(37-18-6-3-7-19-37)54-51(55-50)56-45-25-12-9-21-39(45)41-31-32-42-40-22-10-13-26-46(40)57-48(42)47(41)56/h2-32H,33H2,1H3. The van der Waals surface area contributed by atoms with E-state index in [4.69, 9.17) is 19.4 Å². The highest BCUT2D eigenvalue weighted by Gasteiger charge is 2.36. The molecule has 57 heavy (non-hydrogen) atoms. The highest BCUT2D eigenvalue weighted by molar-refractivity contribution is 6.21. The Morgan fingerprint density at radius 3 is 1.98 bits per heavy atom. The van der Waals surface area contributed by atoms with Gasteiger partial charge in [-0.2, -0.15) is 9.97 Å². The number of rotatable bonds is 6. The third-order valence-corrected chi connectivity index (χ3v) is 11.6. The molecule has 0 bridgehead atoms. The van der Waals surface area contributed by atoms with Crippen molar-refractivity contribution in [3.05, 3.63) is 199 Å². The lowest BCUT2D eigenvalue weighted by atomic mass is 9.68. The summed E-state index contributed by atoms with van der Waals surface area (Å²) < 4.78 is 8.86. The van der Waals surface area contributed by atoms with E-state index in [0.29, 0.717) is 17.6 Å². The Morgan fingerprint density at radius 2 is 1.16 bits per heavy atom. The van der Waals surface area contributed by atoms with Crippen LogP contribution in [0.3, 0.4) is 0 Å². The molecule has 7 aromatic carbocycles. The Hall–Kier alpha value is -7.37. The molecule has 5 nitrogen and oxygen atoms in total. The molecule has 11 rings (SSSR count). The molecule has 1 aliphatic carbocycles. The predicted molar refractivity (Wildman–Crippen MR) is 233 cm³/mol. The molecule has 0 amide bonds. The van der Waals surface area contributed by atoms with Gasteiger partial charge in [0.15, 0.2) is 17.2 Å². The Labute approximate surface area is 329 Å². The first-order valence-corrected chi connectivity index (χ1v) is 19.4. The second-order valence-corrected chi connectivity index (χ2v) is 15.0. The lowest BCUT2D eigenvalue weighted by Gasteiger charge is -2.35. The summed E-state index contributed by atoms with van der Waals surface area (Å²) in [5.41, 5.74) is 11.1. The Bertz CT molecular complexity index is 3210. The van der Waals surface area contributed by atoms with Crippen molar-refractivity contribution in [2.24, 2.45) is 0 Å². The monoisotopic (exact) mass is 732 g/mol. The molecule has 3 aromatic heterocycles. The summed E-state index contributed by atoms with van der Waals surface area (Å²) >= 11 is 0. The van der Waals surface area contributed by atoms with Gasteiger partial charge >= 0.3 is 0 Å². The van der Waals surface area contributed by atoms with Gasteiger partial charge in [0.25, 0.3) is 0 Å². The number of aromatic nitrogens is 4. The quantitative estimate of drug-likeness (QED) is 0.171. The highest BCUT2D eigenvalue weighted by Crippen LogP contribution is 2.47. The van der Waals surface area contributed by atoms with Crippen LogP contribution < -0.4 is 0 Å². The van der Waals surface area contributed by atoms with Gasteiger partial charge in [-0.25, -0.2) is 4.98 Å². The van der Waals surface area contributed by atoms with Crippen LogP contribution in [0, 0.1) is 0 Å². The van der Waals surface area contributed by atoms with Gasteiger partial charge in [-0.15, -0.1) is 0 Å². The number of fused-ring (bicyclic) bond motifs is 7. The average molecular weight is 733 g/mol. The molecule has 0 radical (unpaired) electrons. The van der Waals surface area contributed by atoms with Gasteiger partial charge in [0.05, 0.1) is 5.52 Å². The molecule has 1 aliphatic rings. The molecule has 5 heteroatoms. The first-order chi connectivity index (χ1) is 28.1. The largest absolute Gasteiger partial charge is 0.454 e. The minimum absolute atomic E-state index is 0.456. The summed E-state index contributed by atoms with van der Waals surface area (Å²) in [5.74, 6) is 1.80. The van der Waals surface area contributed by atoms with Gasteiger partial charge in [-0.1, -0.05) is 177 Å². The molecule has 270 valence electrons. The maximum absolute atomic E-state index is 6.68. The number of para-hydroxylation sites is 2. The van der Waals surface area contributed by atoms with E-state index < -0.39 is 5.41 Å². The van der Waals surface area contributed by atoms with Gasteiger partial charge < -0.3 is 4.42 Å². The number of hydrogen-bond acceptors (Lipinski definition) is 4. The number of allylic oxidation sites excluding steroid dienone is 4. The summed E-state index contributed by atoms with van der Waals surface area (Å²) in [4.78, 5) is 16.0. The molecular formula is C52H36N4O. The van der Waals surface area contributed by atoms with Gasteiger partial charge in [-0.05, 0) is 52.4 Å². The fourth-order valence-electron chi connectivity index (χ4n) is 8.77. The molecule has 1 unspecified atom stereocenters. The molecular weight excluding hydrogens is 697 g/mol. The Kier molecular flexibility index (Phi) is 7.61. The minimum atomic E-state index is -0.456. The maximum Gasteiger partial charge on any atom is 0.238 e. The van der Waals surface area contributed by atoms with Crippen LogP contribution in [0.2, 0.25) is 0 Å². The van der Waals surface area contributed by atoms with Crippen LogP contribution in [-0.4, -0.2) is 19.5 Å². The summed E-state index contributed by atoms with van der Waals surface area (Å²) in [5, 5.41) is 4.32. The van der Waals surface area contributed by atoms with E-state index >= 15 is 0 Å². The van der Waals surface area contributed by atoms with Crippen molar-refractivity contribution in [2.75, 3.05) is 0 Å². The van der Waals surface area contributed by atoms with E-state index in [9.17, 15) is 0 Å². The third-order valence-electron chi connectivity index (χ3n) is 11.6. The van der Waals surface area contributed by atoms with Gasteiger partial charge in [0.1, 0.15) is 11.1 Å². The van der Waals surface area contributed by atoms with E-state index in [1.807, 2.05) is 30.3 Å². The van der Waals surface area contributed by atoms with Crippen molar-refractivity contribution >= 4 is 49.3 Å². The molecule has 0 fully saturated rings. The average Bonchev–Trinajstić information content (AvgIpc) is 3.83. The molecule has 0 N–H and O–H groups in total. The maximum atomic E-state index is 6.68. The van der Waals surface area contributed by atoms with Crippen molar-refractivity contribution < 1.29 is 4.42 Å². The van der Waals surface area contributed by atoms with Crippen molar-refractivity contribution in [1.29, 1.82) is 0 Å². The third kappa shape index (κ3) is 5.35. The zero-order valence-electron chi connectivity index (χ0n) is 31.3. The van der Waals surface area contributed by atoms with Crippen LogP contribution in [0.5, 0.6) is 0 Å². The molecule has 0 aliphatic heterocycles. The van der Waals surface area contributed by atoms with Crippen molar-refractivity contribution in [1.82, 2.24) is 19.5 Å². The SMILES string of the molecule is CC1(c2ccccc2-c2ccc(-c3ccccc3)cc2)CC=CC=C1c1nc(-c2ccccc2)nc(-n2c3ccccc3c3ccc4c5ccccc5oc4c32)n1. The second-order valence-electron chi connectivity index (χ2n) is 15.0. The first kappa shape index (κ1) is 33.0. The first-order valence-electron chi connectivity index (χ1n) is 19.4. The van der Waals surface area contributed by atoms with Crippen molar-refractivity contribution in [3.63, 3.8) is 0 Å². The highest BCUT2D eigenvalue weighted by atomic mass is 16.3. The van der Waals surface area contributed by atoms with E-state index in [1.54, 1.807) is 0 Å². The van der Waals surface area contributed by atoms with E-state index in [0.717, 1.165) is 61.3 Å². The fraction of sp³-hybridized carbons (Fsp3) is 0.0577. The van der Waals surface area contributed by atoms with Gasteiger partial charge in [0.2, 0.25) is 5.95 Å². The van der Waals surface area contributed by atoms with E-state index in [1.165, 1.54) is 27.8 Å². The van der Waals surface area contributed by atoms with Gasteiger partial charge in [-0.3, -0.25) is 4.57 Å². The predicted octanol–water partition coefficient (Wildman–Crippen LogP) is 13.2. The Balaban J connectivity index is 1.13. The topological polar surface area (TPSA) is 56.7 Å². The summed E-state index contributed by atoms with van der Waals surface area (Å²) in [6.07, 6.45) is 7.37. The van der Waals surface area contributed by atoms with Gasteiger partial charge in [0, 0.05) is 38.1 Å².